The third-order valence-electron chi connectivity index (χ3n) is 2.02. The van der Waals surface area contributed by atoms with E-state index in [2.05, 4.69) is 41.1 Å². The van der Waals surface area contributed by atoms with Crippen molar-refractivity contribution >= 4 is 27.7 Å². The van der Waals surface area contributed by atoms with Crippen LogP contribution in [0.5, 0.6) is 0 Å². The van der Waals surface area contributed by atoms with E-state index in [0.29, 0.717) is 5.92 Å². The van der Waals surface area contributed by atoms with Gasteiger partial charge in [0.05, 0.1) is 0 Å². The third kappa shape index (κ3) is 4.03. The predicted octanol–water partition coefficient (Wildman–Crippen LogP) is 3.28. The van der Waals surface area contributed by atoms with Crippen molar-refractivity contribution in [1.29, 1.82) is 0 Å². The Balaban J connectivity index is 2.35. The molecule has 2 N–H and O–H groups in total. The van der Waals surface area contributed by atoms with E-state index in [1.54, 1.807) is 0 Å². The second kappa shape index (κ2) is 6.49. The van der Waals surface area contributed by atoms with Crippen LogP contribution in [0.4, 0.5) is 0 Å². The van der Waals surface area contributed by atoms with E-state index < -0.39 is 0 Å². The molecule has 0 radical (unpaired) electrons. The summed E-state index contributed by atoms with van der Waals surface area (Å²) in [5.41, 5.74) is 6.92. The van der Waals surface area contributed by atoms with E-state index in [1.165, 1.54) is 10.0 Å². The normalized spacial score (nSPS) is 12.8. The van der Waals surface area contributed by atoms with Crippen molar-refractivity contribution in [2.24, 2.45) is 11.7 Å². The van der Waals surface area contributed by atoms with Gasteiger partial charge >= 0.3 is 0 Å². The van der Waals surface area contributed by atoms with Crippen LogP contribution in [0.25, 0.3) is 0 Å². The fraction of sp³-hybridized carbons (Fsp3) is 0.455. The molecule has 0 spiro atoms. The molecule has 1 aromatic carbocycles. The summed E-state index contributed by atoms with van der Waals surface area (Å²) in [5.74, 6) is 2.81. The SMILES string of the molecule is CC(CN)CSCc1ccccc1Br. The monoisotopic (exact) mass is 273 g/mol. The van der Waals surface area contributed by atoms with Gasteiger partial charge < -0.3 is 5.73 Å². The minimum Gasteiger partial charge on any atom is -0.330 e. The van der Waals surface area contributed by atoms with E-state index in [9.17, 15) is 0 Å². The standard InChI is InChI=1S/C11H16BrNS/c1-9(6-13)7-14-8-10-4-2-3-5-11(10)12/h2-5,9H,6-8,13H2,1H3. The summed E-state index contributed by atoms with van der Waals surface area (Å²) in [6, 6.07) is 8.36. The summed E-state index contributed by atoms with van der Waals surface area (Å²) in [6.45, 7) is 2.97. The van der Waals surface area contributed by atoms with E-state index in [-0.39, 0.29) is 0 Å². The Morgan fingerprint density at radius 3 is 2.79 bits per heavy atom. The first kappa shape index (κ1) is 12.1. The van der Waals surface area contributed by atoms with Crippen LogP contribution in [-0.2, 0) is 5.75 Å². The Labute approximate surface area is 98.6 Å². The molecule has 3 heteroatoms. The van der Waals surface area contributed by atoms with Crippen LogP contribution in [0.15, 0.2) is 28.7 Å². The molecule has 0 aliphatic heterocycles. The van der Waals surface area contributed by atoms with Gasteiger partial charge in [0.15, 0.2) is 0 Å². The highest BCUT2D eigenvalue weighted by molar-refractivity contribution is 9.10. The minimum absolute atomic E-state index is 0.613. The maximum absolute atomic E-state index is 5.56. The van der Waals surface area contributed by atoms with E-state index in [0.717, 1.165) is 18.1 Å². The number of nitrogens with two attached hydrogens (primary N) is 1. The zero-order valence-corrected chi connectivity index (χ0v) is 10.8. The van der Waals surface area contributed by atoms with Gasteiger partial charge in [-0.2, -0.15) is 11.8 Å². The van der Waals surface area contributed by atoms with Gasteiger partial charge in [0.1, 0.15) is 0 Å². The molecule has 14 heavy (non-hydrogen) atoms. The molecular weight excluding hydrogens is 258 g/mol. The molecule has 1 aromatic rings. The molecule has 78 valence electrons. The molecule has 1 atom stereocenters. The molecule has 1 nitrogen and oxygen atoms in total. The van der Waals surface area contributed by atoms with Crippen LogP contribution in [0.3, 0.4) is 0 Å². The highest BCUT2D eigenvalue weighted by atomic mass is 79.9. The van der Waals surface area contributed by atoms with Crippen molar-refractivity contribution in [1.82, 2.24) is 0 Å². The lowest BCUT2D eigenvalue weighted by Crippen LogP contribution is -2.12. The smallest absolute Gasteiger partial charge is 0.0215 e. The Morgan fingerprint density at radius 2 is 2.14 bits per heavy atom. The lowest BCUT2D eigenvalue weighted by atomic mass is 10.2. The highest BCUT2D eigenvalue weighted by Crippen LogP contribution is 2.22. The minimum atomic E-state index is 0.613. The second-order valence-electron chi connectivity index (χ2n) is 3.45. The van der Waals surface area contributed by atoms with E-state index in [4.69, 9.17) is 5.73 Å². The van der Waals surface area contributed by atoms with Crippen LogP contribution in [0, 0.1) is 5.92 Å². The van der Waals surface area contributed by atoms with Crippen molar-refractivity contribution < 1.29 is 0 Å². The highest BCUT2D eigenvalue weighted by Gasteiger charge is 2.01. The van der Waals surface area contributed by atoms with Crippen molar-refractivity contribution in [2.75, 3.05) is 12.3 Å². The zero-order chi connectivity index (χ0) is 10.4. The second-order valence-corrected chi connectivity index (χ2v) is 5.33. The zero-order valence-electron chi connectivity index (χ0n) is 8.37. The molecule has 0 heterocycles. The molecule has 0 aromatic heterocycles. The summed E-state index contributed by atoms with van der Waals surface area (Å²) in [7, 11) is 0. The lowest BCUT2D eigenvalue weighted by molar-refractivity contribution is 0.675. The number of benzene rings is 1. The van der Waals surface area contributed by atoms with E-state index in [1.807, 2.05) is 17.8 Å². The van der Waals surface area contributed by atoms with Gasteiger partial charge in [0, 0.05) is 10.2 Å². The van der Waals surface area contributed by atoms with Crippen LogP contribution in [0.1, 0.15) is 12.5 Å². The first-order chi connectivity index (χ1) is 6.74. The molecule has 0 bridgehead atoms. The van der Waals surface area contributed by atoms with Gasteiger partial charge in [-0.25, -0.2) is 0 Å². The molecule has 0 amide bonds. The Kier molecular flexibility index (Phi) is 5.60. The first-order valence-electron chi connectivity index (χ1n) is 4.75. The van der Waals surface area contributed by atoms with E-state index >= 15 is 0 Å². The van der Waals surface area contributed by atoms with Crippen LogP contribution in [-0.4, -0.2) is 12.3 Å². The van der Waals surface area contributed by atoms with Crippen LogP contribution < -0.4 is 5.73 Å². The summed E-state index contributed by atoms with van der Waals surface area (Å²) >= 11 is 5.49. The summed E-state index contributed by atoms with van der Waals surface area (Å²) in [4.78, 5) is 0. The predicted molar refractivity (Wildman–Crippen MR) is 68.5 cm³/mol. The Bertz CT molecular complexity index is 278. The van der Waals surface area contributed by atoms with Crippen molar-refractivity contribution in [2.45, 2.75) is 12.7 Å². The van der Waals surface area contributed by atoms with Gasteiger partial charge in [0.25, 0.3) is 0 Å². The fourth-order valence-corrected chi connectivity index (χ4v) is 2.79. The van der Waals surface area contributed by atoms with Gasteiger partial charge in [-0.05, 0) is 29.8 Å². The fourth-order valence-electron chi connectivity index (χ4n) is 1.05. The number of hydrogen-bond acceptors (Lipinski definition) is 2. The Morgan fingerprint density at radius 1 is 1.43 bits per heavy atom. The number of halogens is 1. The van der Waals surface area contributed by atoms with Gasteiger partial charge in [-0.1, -0.05) is 41.1 Å². The number of thioether (sulfide) groups is 1. The average molecular weight is 274 g/mol. The van der Waals surface area contributed by atoms with Crippen LogP contribution >= 0.6 is 27.7 Å². The molecule has 0 aliphatic rings. The molecule has 0 fully saturated rings. The lowest BCUT2D eigenvalue weighted by Gasteiger charge is -2.08. The van der Waals surface area contributed by atoms with Gasteiger partial charge in [-0.3, -0.25) is 0 Å². The number of rotatable bonds is 5. The Hall–Kier alpha value is 0.01000. The summed E-state index contributed by atoms with van der Waals surface area (Å²) < 4.78 is 1.20. The van der Waals surface area contributed by atoms with Gasteiger partial charge in [-0.15, -0.1) is 0 Å². The third-order valence-corrected chi connectivity index (χ3v) is 4.11. The van der Waals surface area contributed by atoms with Crippen molar-refractivity contribution in [3.8, 4) is 0 Å². The largest absolute Gasteiger partial charge is 0.330 e. The topological polar surface area (TPSA) is 26.0 Å². The molecular formula is C11H16BrNS. The molecule has 0 saturated heterocycles. The van der Waals surface area contributed by atoms with Crippen molar-refractivity contribution in [3.63, 3.8) is 0 Å². The molecule has 0 aliphatic carbocycles. The first-order valence-corrected chi connectivity index (χ1v) is 6.70. The van der Waals surface area contributed by atoms with Crippen molar-refractivity contribution in [3.05, 3.63) is 34.3 Å². The van der Waals surface area contributed by atoms with Crippen LogP contribution in [0.2, 0.25) is 0 Å². The molecule has 1 rings (SSSR count). The molecule has 0 saturated carbocycles. The maximum atomic E-state index is 5.56. The average Bonchev–Trinajstić information content (AvgIpc) is 2.20. The summed E-state index contributed by atoms with van der Waals surface area (Å²) in [6.07, 6.45) is 0. The van der Waals surface area contributed by atoms with Gasteiger partial charge in [0.2, 0.25) is 0 Å². The summed E-state index contributed by atoms with van der Waals surface area (Å²) in [5, 5.41) is 0. The maximum Gasteiger partial charge on any atom is 0.0215 e. The molecule has 1 unspecified atom stereocenters. The quantitative estimate of drug-likeness (QED) is 0.891. The number of hydrogen-bond donors (Lipinski definition) is 1.